The summed E-state index contributed by atoms with van der Waals surface area (Å²) < 4.78 is 6.67. The fourth-order valence-electron chi connectivity index (χ4n) is 2.82. The maximum Gasteiger partial charge on any atom is 0.356 e. The SMILES string of the molecule is COc1cccc(NC(=O)N2CCc3c(C(=O)O)nn(C)c3C2)c1. The quantitative estimate of drug-likeness (QED) is 0.893. The number of rotatable bonds is 3. The molecule has 0 unspecified atom stereocenters. The number of ether oxygens (including phenoxy) is 1. The Morgan fingerprint density at radius 2 is 2.17 bits per heavy atom. The molecule has 0 aliphatic carbocycles. The summed E-state index contributed by atoms with van der Waals surface area (Å²) >= 11 is 0. The van der Waals surface area contributed by atoms with E-state index in [9.17, 15) is 14.7 Å². The van der Waals surface area contributed by atoms with Crippen LogP contribution in [0.15, 0.2) is 24.3 Å². The number of aromatic nitrogens is 2. The van der Waals surface area contributed by atoms with Crippen molar-refractivity contribution >= 4 is 17.7 Å². The van der Waals surface area contributed by atoms with Crippen molar-refractivity contribution in [3.05, 3.63) is 41.2 Å². The number of aryl methyl sites for hydroxylation is 1. The molecule has 1 aliphatic rings. The number of amides is 2. The summed E-state index contributed by atoms with van der Waals surface area (Å²) in [6.45, 7) is 0.761. The standard InChI is InChI=1S/C16H18N4O4/c1-19-13-9-20(7-6-12(13)14(18-19)15(21)22)16(23)17-10-4-3-5-11(8-10)24-2/h3-5,8H,6-7,9H2,1-2H3,(H,17,23)(H,21,22). The van der Waals surface area contributed by atoms with Crippen LogP contribution in [0.2, 0.25) is 0 Å². The Labute approximate surface area is 138 Å². The lowest BCUT2D eigenvalue weighted by atomic mass is 10.0. The molecule has 1 aromatic carbocycles. The van der Waals surface area contributed by atoms with Gasteiger partial charge in [-0.3, -0.25) is 4.68 Å². The van der Waals surface area contributed by atoms with Gasteiger partial charge in [0.2, 0.25) is 0 Å². The van der Waals surface area contributed by atoms with Crippen LogP contribution in [0.3, 0.4) is 0 Å². The predicted octanol–water partition coefficient (Wildman–Crippen LogP) is 1.72. The van der Waals surface area contributed by atoms with Crippen molar-refractivity contribution in [1.29, 1.82) is 0 Å². The number of carboxylic acids is 1. The van der Waals surface area contributed by atoms with Gasteiger partial charge in [-0.25, -0.2) is 9.59 Å². The van der Waals surface area contributed by atoms with Gasteiger partial charge in [-0.05, 0) is 18.6 Å². The van der Waals surface area contributed by atoms with E-state index in [0.29, 0.717) is 36.5 Å². The van der Waals surface area contributed by atoms with Crippen LogP contribution in [0, 0.1) is 0 Å². The highest BCUT2D eigenvalue weighted by Crippen LogP contribution is 2.23. The number of urea groups is 1. The second-order valence-corrected chi connectivity index (χ2v) is 5.54. The molecule has 24 heavy (non-hydrogen) atoms. The van der Waals surface area contributed by atoms with Crippen molar-refractivity contribution in [3.63, 3.8) is 0 Å². The summed E-state index contributed by atoms with van der Waals surface area (Å²) in [7, 11) is 3.25. The Kier molecular flexibility index (Phi) is 4.11. The van der Waals surface area contributed by atoms with Crippen molar-refractivity contribution in [2.75, 3.05) is 19.0 Å². The Morgan fingerprint density at radius 3 is 2.88 bits per heavy atom. The number of methoxy groups -OCH3 is 1. The van der Waals surface area contributed by atoms with E-state index < -0.39 is 5.97 Å². The molecule has 0 saturated heterocycles. The van der Waals surface area contributed by atoms with E-state index in [0.717, 1.165) is 5.69 Å². The fourth-order valence-corrected chi connectivity index (χ4v) is 2.82. The summed E-state index contributed by atoms with van der Waals surface area (Å²) in [5.41, 5.74) is 2.16. The number of carboxylic acid groups (broad SMARTS) is 1. The third kappa shape index (κ3) is 2.90. The van der Waals surface area contributed by atoms with Crippen LogP contribution in [0.25, 0.3) is 0 Å². The minimum absolute atomic E-state index is 0.0698. The lowest BCUT2D eigenvalue weighted by molar-refractivity contribution is 0.0688. The molecule has 3 rings (SSSR count). The van der Waals surface area contributed by atoms with Gasteiger partial charge in [0, 0.05) is 30.9 Å². The van der Waals surface area contributed by atoms with Crippen molar-refractivity contribution in [2.24, 2.45) is 7.05 Å². The van der Waals surface area contributed by atoms with Crippen LogP contribution in [0.4, 0.5) is 10.5 Å². The van der Waals surface area contributed by atoms with Crippen LogP contribution in [-0.2, 0) is 20.0 Å². The largest absolute Gasteiger partial charge is 0.497 e. The lowest BCUT2D eigenvalue weighted by Crippen LogP contribution is -2.39. The highest BCUT2D eigenvalue weighted by Gasteiger charge is 2.28. The molecular formula is C16H18N4O4. The minimum Gasteiger partial charge on any atom is -0.497 e. The van der Waals surface area contributed by atoms with Gasteiger partial charge in [0.05, 0.1) is 19.3 Å². The first-order chi connectivity index (χ1) is 11.5. The van der Waals surface area contributed by atoms with Crippen molar-refractivity contribution in [2.45, 2.75) is 13.0 Å². The molecule has 0 fully saturated rings. The van der Waals surface area contributed by atoms with Gasteiger partial charge in [-0.2, -0.15) is 5.10 Å². The van der Waals surface area contributed by atoms with Crippen LogP contribution in [0.1, 0.15) is 21.7 Å². The van der Waals surface area contributed by atoms with E-state index in [2.05, 4.69) is 10.4 Å². The number of anilines is 1. The molecule has 0 atom stereocenters. The topological polar surface area (TPSA) is 96.7 Å². The average Bonchev–Trinajstić information content (AvgIpc) is 2.91. The molecule has 0 saturated carbocycles. The minimum atomic E-state index is -1.04. The smallest absolute Gasteiger partial charge is 0.356 e. The molecule has 2 N–H and O–H groups in total. The van der Waals surface area contributed by atoms with Gasteiger partial charge >= 0.3 is 12.0 Å². The average molecular weight is 330 g/mol. The fraction of sp³-hybridized carbons (Fsp3) is 0.312. The Hall–Kier alpha value is -3.03. The Balaban J connectivity index is 1.75. The van der Waals surface area contributed by atoms with E-state index >= 15 is 0 Å². The number of aromatic carboxylic acids is 1. The second-order valence-electron chi connectivity index (χ2n) is 5.54. The number of carbonyl (C=O) groups is 2. The second kappa shape index (κ2) is 6.23. The van der Waals surface area contributed by atoms with Gasteiger partial charge in [0.25, 0.3) is 0 Å². The summed E-state index contributed by atoms with van der Waals surface area (Å²) in [5, 5.41) is 16.1. The highest BCUT2D eigenvalue weighted by atomic mass is 16.5. The van der Waals surface area contributed by atoms with E-state index in [-0.39, 0.29) is 11.7 Å². The molecule has 8 nitrogen and oxygen atoms in total. The van der Waals surface area contributed by atoms with Crippen LogP contribution >= 0.6 is 0 Å². The molecule has 2 heterocycles. The number of fused-ring (bicyclic) bond motifs is 1. The zero-order valence-electron chi connectivity index (χ0n) is 13.4. The van der Waals surface area contributed by atoms with Crippen LogP contribution in [-0.4, -0.2) is 45.4 Å². The molecule has 0 radical (unpaired) electrons. The molecule has 126 valence electrons. The third-order valence-electron chi connectivity index (χ3n) is 4.06. The molecule has 2 aromatic rings. The number of carbonyl (C=O) groups excluding carboxylic acids is 1. The number of nitrogens with zero attached hydrogens (tertiary/aromatic N) is 3. The normalized spacial score (nSPS) is 13.3. The van der Waals surface area contributed by atoms with Gasteiger partial charge < -0.3 is 20.1 Å². The van der Waals surface area contributed by atoms with E-state index in [1.54, 1.807) is 43.3 Å². The zero-order valence-corrected chi connectivity index (χ0v) is 13.4. The summed E-state index contributed by atoms with van der Waals surface area (Å²) in [6.07, 6.45) is 0.469. The number of nitrogens with one attached hydrogen (secondary N) is 1. The van der Waals surface area contributed by atoms with E-state index in [4.69, 9.17) is 4.74 Å². The first kappa shape index (κ1) is 15.9. The molecule has 0 bridgehead atoms. The summed E-state index contributed by atoms with van der Waals surface area (Å²) in [4.78, 5) is 25.3. The van der Waals surface area contributed by atoms with Crippen molar-refractivity contribution < 1.29 is 19.4 Å². The molecule has 1 aliphatic heterocycles. The Bertz CT molecular complexity index is 799. The maximum absolute atomic E-state index is 12.5. The number of hydrogen-bond acceptors (Lipinski definition) is 4. The predicted molar refractivity (Wildman–Crippen MR) is 86.3 cm³/mol. The molecular weight excluding hydrogens is 312 g/mol. The van der Waals surface area contributed by atoms with Gasteiger partial charge in [0.15, 0.2) is 5.69 Å². The molecule has 0 spiro atoms. The number of hydrogen-bond donors (Lipinski definition) is 2. The molecule has 2 amide bonds. The van der Waals surface area contributed by atoms with Crippen LogP contribution in [0.5, 0.6) is 5.75 Å². The van der Waals surface area contributed by atoms with Crippen LogP contribution < -0.4 is 10.1 Å². The first-order valence-electron chi connectivity index (χ1n) is 7.47. The monoisotopic (exact) mass is 330 g/mol. The van der Waals surface area contributed by atoms with Gasteiger partial charge in [-0.15, -0.1) is 0 Å². The maximum atomic E-state index is 12.5. The summed E-state index contributed by atoms with van der Waals surface area (Å²) in [6, 6.07) is 6.86. The van der Waals surface area contributed by atoms with Gasteiger partial charge in [-0.1, -0.05) is 6.07 Å². The zero-order chi connectivity index (χ0) is 17.3. The number of benzene rings is 1. The third-order valence-corrected chi connectivity index (χ3v) is 4.06. The molecule has 8 heteroatoms. The van der Waals surface area contributed by atoms with E-state index in [1.165, 1.54) is 4.68 Å². The highest BCUT2D eigenvalue weighted by molar-refractivity contribution is 5.90. The van der Waals surface area contributed by atoms with Crippen molar-refractivity contribution in [1.82, 2.24) is 14.7 Å². The first-order valence-corrected chi connectivity index (χ1v) is 7.47. The molecule has 1 aromatic heterocycles. The van der Waals surface area contributed by atoms with Crippen molar-refractivity contribution in [3.8, 4) is 5.75 Å². The summed E-state index contributed by atoms with van der Waals surface area (Å²) in [5.74, 6) is -0.382. The van der Waals surface area contributed by atoms with Gasteiger partial charge in [0.1, 0.15) is 5.75 Å². The lowest BCUT2D eigenvalue weighted by Gasteiger charge is -2.27. The van der Waals surface area contributed by atoms with E-state index in [1.807, 2.05) is 0 Å². The Morgan fingerprint density at radius 1 is 1.38 bits per heavy atom.